The van der Waals surface area contributed by atoms with Gasteiger partial charge in [-0.2, -0.15) is 5.10 Å². The van der Waals surface area contributed by atoms with Gasteiger partial charge in [0.1, 0.15) is 6.54 Å². The summed E-state index contributed by atoms with van der Waals surface area (Å²) in [6.07, 6.45) is 1.50. The Morgan fingerprint density at radius 3 is 2.69 bits per heavy atom. The monoisotopic (exact) mass is 370 g/mol. The number of non-ortho nitro benzene ring substituents is 1. The van der Waals surface area contributed by atoms with E-state index in [4.69, 9.17) is 4.74 Å². The molecule has 0 spiro atoms. The molecular weight excluding hydrogens is 356 g/mol. The van der Waals surface area contributed by atoms with Crippen LogP contribution in [0.15, 0.2) is 58.7 Å². The Bertz CT molecular complexity index is 1050. The SMILES string of the molecule is COC(=O)Cn1c(=NN=Cc2ccc([N+](=O)[O-])cc2)sc2ccccc21. The van der Waals surface area contributed by atoms with E-state index in [1.807, 2.05) is 24.3 Å². The van der Waals surface area contributed by atoms with Crippen LogP contribution in [0.5, 0.6) is 0 Å². The van der Waals surface area contributed by atoms with E-state index >= 15 is 0 Å². The molecule has 0 atom stereocenters. The molecule has 0 aliphatic carbocycles. The Kier molecular flexibility index (Phi) is 5.18. The summed E-state index contributed by atoms with van der Waals surface area (Å²) in [7, 11) is 1.33. The van der Waals surface area contributed by atoms with E-state index < -0.39 is 4.92 Å². The zero-order valence-corrected chi connectivity index (χ0v) is 14.5. The summed E-state index contributed by atoms with van der Waals surface area (Å²) < 4.78 is 7.45. The molecule has 8 nitrogen and oxygen atoms in total. The molecular formula is C17H14N4O4S. The number of esters is 1. The quantitative estimate of drug-likeness (QED) is 0.298. The molecule has 26 heavy (non-hydrogen) atoms. The van der Waals surface area contributed by atoms with Crippen molar-refractivity contribution in [2.45, 2.75) is 6.54 Å². The van der Waals surface area contributed by atoms with Crippen LogP contribution in [0.4, 0.5) is 5.69 Å². The molecule has 0 bridgehead atoms. The summed E-state index contributed by atoms with van der Waals surface area (Å²) in [6, 6.07) is 13.6. The van der Waals surface area contributed by atoms with Crippen molar-refractivity contribution in [1.82, 2.24) is 4.57 Å². The summed E-state index contributed by atoms with van der Waals surface area (Å²) in [5, 5.41) is 18.9. The van der Waals surface area contributed by atoms with Gasteiger partial charge in [-0.05, 0) is 29.8 Å². The van der Waals surface area contributed by atoms with Gasteiger partial charge in [0.25, 0.3) is 5.69 Å². The van der Waals surface area contributed by atoms with Crippen LogP contribution in [0.25, 0.3) is 10.2 Å². The highest BCUT2D eigenvalue weighted by molar-refractivity contribution is 7.16. The van der Waals surface area contributed by atoms with Crippen LogP contribution < -0.4 is 4.80 Å². The van der Waals surface area contributed by atoms with Crippen molar-refractivity contribution in [3.05, 3.63) is 69.0 Å². The maximum absolute atomic E-state index is 11.7. The van der Waals surface area contributed by atoms with Crippen molar-refractivity contribution in [2.75, 3.05) is 7.11 Å². The Labute approximate surface area is 151 Å². The molecule has 0 N–H and O–H groups in total. The van der Waals surface area contributed by atoms with Gasteiger partial charge < -0.3 is 9.30 Å². The number of aromatic nitrogens is 1. The zero-order chi connectivity index (χ0) is 18.5. The highest BCUT2D eigenvalue weighted by Crippen LogP contribution is 2.16. The van der Waals surface area contributed by atoms with Crippen LogP contribution in [0.1, 0.15) is 5.56 Å². The lowest BCUT2D eigenvalue weighted by Gasteiger charge is -2.02. The van der Waals surface area contributed by atoms with Gasteiger partial charge in [-0.3, -0.25) is 14.9 Å². The molecule has 0 fully saturated rings. The minimum Gasteiger partial charge on any atom is -0.468 e. The van der Waals surface area contributed by atoms with Crippen LogP contribution in [-0.4, -0.2) is 28.8 Å². The van der Waals surface area contributed by atoms with Crippen molar-refractivity contribution < 1.29 is 14.5 Å². The number of benzene rings is 2. The van der Waals surface area contributed by atoms with Gasteiger partial charge in [0, 0.05) is 12.1 Å². The fourth-order valence-electron chi connectivity index (χ4n) is 2.27. The second-order valence-corrected chi connectivity index (χ2v) is 6.22. The Hall–Kier alpha value is -3.33. The first kappa shape index (κ1) is 17.5. The zero-order valence-electron chi connectivity index (χ0n) is 13.7. The number of methoxy groups -OCH3 is 1. The summed E-state index contributed by atoms with van der Waals surface area (Å²) in [5.41, 5.74) is 1.56. The molecule has 3 rings (SSSR count). The number of carbonyl (C=O) groups is 1. The third-order valence-electron chi connectivity index (χ3n) is 3.56. The topological polar surface area (TPSA) is 99.1 Å². The van der Waals surface area contributed by atoms with E-state index in [2.05, 4.69) is 10.2 Å². The number of rotatable bonds is 5. The normalized spacial score (nSPS) is 12.0. The molecule has 132 valence electrons. The lowest BCUT2D eigenvalue weighted by atomic mass is 10.2. The molecule has 0 aliphatic rings. The molecule has 0 amide bonds. The number of hydrogen-bond donors (Lipinski definition) is 0. The first-order valence-electron chi connectivity index (χ1n) is 7.55. The lowest BCUT2D eigenvalue weighted by molar-refractivity contribution is -0.384. The van der Waals surface area contributed by atoms with Crippen molar-refractivity contribution in [2.24, 2.45) is 10.2 Å². The smallest absolute Gasteiger partial charge is 0.325 e. The molecule has 0 radical (unpaired) electrons. The van der Waals surface area contributed by atoms with E-state index in [1.54, 1.807) is 16.7 Å². The van der Waals surface area contributed by atoms with Crippen molar-refractivity contribution in [3.8, 4) is 0 Å². The first-order valence-corrected chi connectivity index (χ1v) is 8.37. The summed E-state index contributed by atoms with van der Waals surface area (Å²) >= 11 is 1.40. The van der Waals surface area contributed by atoms with Gasteiger partial charge in [-0.1, -0.05) is 23.5 Å². The molecule has 0 aliphatic heterocycles. The molecule has 0 saturated carbocycles. The minimum absolute atomic E-state index is 0.0134. The molecule has 3 aromatic rings. The number of thiazole rings is 1. The first-order chi connectivity index (χ1) is 12.6. The van der Waals surface area contributed by atoms with Crippen LogP contribution >= 0.6 is 11.3 Å². The number of nitrogens with zero attached hydrogens (tertiary/aromatic N) is 4. The van der Waals surface area contributed by atoms with E-state index in [0.29, 0.717) is 10.4 Å². The Morgan fingerprint density at radius 1 is 1.27 bits per heavy atom. The highest BCUT2D eigenvalue weighted by Gasteiger charge is 2.10. The number of nitro groups is 1. The third kappa shape index (κ3) is 3.83. The fourth-order valence-corrected chi connectivity index (χ4v) is 3.26. The third-order valence-corrected chi connectivity index (χ3v) is 4.61. The van der Waals surface area contributed by atoms with Gasteiger partial charge in [0.15, 0.2) is 0 Å². The molecule has 9 heteroatoms. The van der Waals surface area contributed by atoms with Gasteiger partial charge in [0.2, 0.25) is 4.80 Å². The van der Waals surface area contributed by atoms with E-state index in [1.165, 1.54) is 36.8 Å². The van der Waals surface area contributed by atoms with Crippen LogP contribution in [-0.2, 0) is 16.1 Å². The van der Waals surface area contributed by atoms with Crippen LogP contribution in [0.2, 0.25) is 0 Å². The predicted molar refractivity (Wildman–Crippen MR) is 98.1 cm³/mol. The standard InChI is InChI=1S/C17H14N4O4S/c1-25-16(22)11-20-14-4-2-3-5-15(14)26-17(20)19-18-10-12-6-8-13(9-7-12)21(23)24/h2-10H,11H2,1H3. The Morgan fingerprint density at radius 2 is 2.00 bits per heavy atom. The van der Waals surface area contributed by atoms with Crippen molar-refractivity contribution >= 4 is 39.4 Å². The van der Waals surface area contributed by atoms with E-state index in [0.717, 1.165) is 10.2 Å². The van der Waals surface area contributed by atoms with Crippen molar-refractivity contribution in [1.29, 1.82) is 0 Å². The predicted octanol–water partition coefficient (Wildman–Crippen LogP) is 2.72. The average molecular weight is 370 g/mol. The van der Waals surface area contributed by atoms with E-state index in [9.17, 15) is 14.9 Å². The van der Waals surface area contributed by atoms with Crippen LogP contribution in [0, 0.1) is 10.1 Å². The highest BCUT2D eigenvalue weighted by atomic mass is 32.1. The lowest BCUT2D eigenvalue weighted by Crippen LogP contribution is -2.20. The molecule has 0 saturated heterocycles. The Balaban J connectivity index is 1.94. The number of carbonyl (C=O) groups excluding carboxylic acids is 1. The number of nitro benzene ring substituents is 1. The van der Waals surface area contributed by atoms with E-state index in [-0.39, 0.29) is 18.2 Å². The largest absolute Gasteiger partial charge is 0.468 e. The molecule has 1 heterocycles. The van der Waals surface area contributed by atoms with Gasteiger partial charge in [-0.25, -0.2) is 0 Å². The maximum atomic E-state index is 11.7. The van der Waals surface area contributed by atoms with Gasteiger partial charge in [-0.15, -0.1) is 5.10 Å². The minimum atomic E-state index is -0.460. The fraction of sp³-hybridized carbons (Fsp3) is 0.118. The summed E-state index contributed by atoms with van der Waals surface area (Å²) in [5.74, 6) is -0.380. The number of fused-ring (bicyclic) bond motifs is 1. The van der Waals surface area contributed by atoms with Crippen molar-refractivity contribution in [3.63, 3.8) is 0 Å². The second kappa shape index (κ2) is 7.70. The van der Waals surface area contributed by atoms with Gasteiger partial charge in [0.05, 0.1) is 28.5 Å². The number of hydrogen-bond acceptors (Lipinski definition) is 7. The van der Waals surface area contributed by atoms with Crippen LogP contribution in [0.3, 0.4) is 0 Å². The number of ether oxygens (including phenoxy) is 1. The average Bonchev–Trinajstić information content (AvgIpc) is 2.99. The molecule has 2 aromatic carbocycles. The molecule has 0 unspecified atom stereocenters. The summed E-state index contributed by atoms with van der Waals surface area (Å²) in [6.45, 7) is 0.0341. The number of para-hydroxylation sites is 1. The van der Waals surface area contributed by atoms with Gasteiger partial charge >= 0.3 is 5.97 Å². The molecule has 1 aromatic heterocycles. The summed E-state index contributed by atoms with van der Waals surface area (Å²) in [4.78, 5) is 22.4. The second-order valence-electron chi connectivity index (χ2n) is 5.21. The maximum Gasteiger partial charge on any atom is 0.325 e.